The summed E-state index contributed by atoms with van der Waals surface area (Å²) >= 11 is 6.75. The van der Waals surface area contributed by atoms with Crippen molar-refractivity contribution < 1.29 is 4.74 Å². The van der Waals surface area contributed by atoms with E-state index in [0.29, 0.717) is 6.61 Å². The Morgan fingerprint density at radius 3 is 2.82 bits per heavy atom. The van der Waals surface area contributed by atoms with Crippen molar-refractivity contribution in [3.05, 3.63) is 39.3 Å². The summed E-state index contributed by atoms with van der Waals surface area (Å²) in [6.45, 7) is 9.40. The fourth-order valence-electron chi connectivity index (χ4n) is 1.56. The van der Waals surface area contributed by atoms with E-state index in [2.05, 4.69) is 63.7 Å². The van der Waals surface area contributed by atoms with Crippen LogP contribution in [0.1, 0.15) is 25.5 Å². The van der Waals surface area contributed by atoms with Gasteiger partial charge in [0.25, 0.3) is 0 Å². The van der Waals surface area contributed by atoms with Crippen molar-refractivity contribution in [1.29, 1.82) is 0 Å². The van der Waals surface area contributed by atoms with Gasteiger partial charge < -0.3 is 10.1 Å². The summed E-state index contributed by atoms with van der Waals surface area (Å²) in [4.78, 5) is 0. The highest BCUT2D eigenvalue weighted by Crippen LogP contribution is 2.29. The first-order chi connectivity index (χ1) is 8.04. The molecule has 0 heterocycles. The van der Waals surface area contributed by atoms with Gasteiger partial charge in [0, 0.05) is 20.6 Å². The van der Waals surface area contributed by atoms with Gasteiger partial charge in [0.1, 0.15) is 12.4 Å². The summed E-state index contributed by atoms with van der Waals surface area (Å²) in [5, 5.41) is 3.38. The molecule has 0 fully saturated rings. The zero-order chi connectivity index (χ0) is 12.8. The molecule has 0 aliphatic carbocycles. The van der Waals surface area contributed by atoms with Crippen LogP contribution in [0, 0.1) is 0 Å². The largest absolute Gasteiger partial charge is 0.488 e. The van der Waals surface area contributed by atoms with Crippen molar-refractivity contribution in [2.24, 2.45) is 0 Å². The number of rotatable bonds is 6. The van der Waals surface area contributed by atoms with E-state index >= 15 is 0 Å². The first kappa shape index (κ1) is 14.7. The molecule has 1 aromatic rings. The van der Waals surface area contributed by atoms with Gasteiger partial charge in [-0.15, -0.1) is 0 Å². The van der Waals surface area contributed by atoms with Crippen LogP contribution in [0.3, 0.4) is 0 Å². The molecule has 0 saturated heterocycles. The van der Waals surface area contributed by atoms with Crippen LogP contribution < -0.4 is 10.1 Å². The molecular formula is C13H17Br2NO. The molecule has 1 atom stereocenters. The summed E-state index contributed by atoms with van der Waals surface area (Å²) in [5.41, 5.74) is 1.16. The third-order valence-corrected chi connectivity index (χ3v) is 3.06. The molecule has 0 radical (unpaired) electrons. The van der Waals surface area contributed by atoms with Gasteiger partial charge >= 0.3 is 0 Å². The van der Waals surface area contributed by atoms with Crippen LogP contribution in [0.4, 0.5) is 0 Å². The van der Waals surface area contributed by atoms with Crippen LogP contribution in [0.25, 0.3) is 0 Å². The van der Waals surface area contributed by atoms with Crippen molar-refractivity contribution in [1.82, 2.24) is 5.32 Å². The molecule has 94 valence electrons. The third kappa shape index (κ3) is 4.82. The lowest BCUT2D eigenvalue weighted by molar-refractivity contribution is 0.352. The average Bonchev–Trinajstić information content (AvgIpc) is 2.26. The molecular weight excluding hydrogens is 346 g/mol. The minimum atomic E-state index is 0.270. The summed E-state index contributed by atoms with van der Waals surface area (Å²) in [7, 11) is 0. The maximum atomic E-state index is 5.73. The zero-order valence-electron chi connectivity index (χ0n) is 10.1. The summed E-state index contributed by atoms with van der Waals surface area (Å²) in [6.07, 6.45) is 0. The van der Waals surface area contributed by atoms with Crippen LogP contribution in [0.2, 0.25) is 0 Å². The minimum absolute atomic E-state index is 0.270. The van der Waals surface area contributed by atoms with Crippen LogP contribution >= 0.6 is 31.9 Å². The van der Waals surface area contributed by atoms with E-state index in [1.165, 1.54) is 0 Å². The fraction of sp³-hybridized carbons (Fsp3) is 0.385. The number of hydrogen-bond acceptors (Lipinski definition) is 2. The Labute approximate surface area is 120 Å². The number of nitrogens with one attached hydrogen (secondary N) is 1. The molecule has 17 heavy (non-hydrogen) atoms. The lowest BCUT2D eigenvalue weighted by Crippen LogP contribution is -2.18. The number of ether oxygens (including phenoxy) is 1. The molecule has 0 amide bonds. The summed E-state index contributed by atoms with van der Waals surface area (Å²) < 4.78 is 7.58. The molecule has 1 rings (SSSR count). The molecule has 1 unspecified atom stereocenters. The smallest absolute Gasteiger partial charge is 0.125 e. The van der Waals surface area contributed by atoms with Crippen molar-refractivity contribution >= 4 is 31.9 Å². The molecule has 0 aliphatic rings. The van der Waals surface area contributed by atoms with Gasteiger partial charge in [-0.05, 0) is 25.6 Å². The predicted molar refractivity (Wildman–Crippen MR) is 79.8 cm³/mol. The van der Waals surface area contributed by atoms with Gasteiger partial charge in [-0.25, -0.2) is 0 Å². The highest BCUT2D eigenvalue weighted by atomic mass is 79.9. The second-order valence-electron chi connectivity index (χ2n) is 3.77. The number of hydrogen-bond donors (Lipinski definition) is 1. The molecule has 0 saturated carbocycles. The second-order valence-corrected chi connectivity index (χ2v) is 5.80. The van der Waals surface area contributed by atoms with E-state index in [0.717, 1.165) is 26.8 Å². The summed E-state index contributed by atoms with van der Waals surface area (Å²) in [6, 6.07) is 6.36. The monoisotopic (exact) mass is 361 g/mol. The Morgan fingerprint density at radius 1 is 1.53 bits per heavy atom. The lowest BCUT2D eigenvalue weighted by atomic mass is 10.1. The predicted octanol–water partition coefficient (Wildman–Crippen LogP) is 4.41. The van der Waals surface area contributed by atoms with Gasteiger partial charge in [-0.2, -0.15) is 0 Å². The standard InChI is InChI=1S/C13H17Br2NO/c1-4-16-10(3)12-6-5-11(15)7-13(12)17-8-9(2)14/h5-7,10,16H,2,4,8H2,1,3H3. The Bertz CT molecular complexity index is 393. The van der Waals surface area contributed by atoms with Crippen molar-refractivity contribution in [2.45, 2.75) is 19.9 Å². The maximum Gasteiger partial charge on any atom is 0.125 e. The first-order valence-electron chi connectivity index (χ1n) is 5.53. The number of benzene rings is 1. The normalized spacial score (nSPS) is 12.2. The quantitative estimate of drug-likeness (QED) is 0.809. The first-order valence-corrected chi connectivity index (χ1v) is 7.12. The Balaban J connectivity index is 2.90. The molecule has 0 aliphatic heterocycles. The van der Waals surface area contributed by atoms with Gasteiger partial charge in [-0.3, -0.25) is 0 Å². The van der Waals surface area contributed by atoms with Crippen molar-refractivity contribution in [2.75, 3.05) is 13.2 Å². The highest BCUT2D eigenvalue weighted by molar-refractivity contribution is 9.11. The highest BCUT2D eigenvalue weighted by Gasteiger charge is 2.11. The lowest BCUT2D eigenvalue weighted by Gasteiger charge is -2.18. The molecule has 0 spiro atoms. The summed E-state index contributed by atoms with van der Waals surface area (Å²) in [5.74, 6) is 0.883. The van der Waals surface area contributed by atoms with E-state index in [1.807, 2.05) is 12.1 Å². The van der Waals surface area contributed by atoms with Crippen LogP contribution in [0.15, 0.2) is 33.7 Å². The SMILES string of the molecule is C=C(Br)COc1cc(Br)ccc1C(C)NCC. The molecule has 0 bridgehead atoms. The van der Waals surface area contributed by atoms with E-state index in [-0.39, 0.29) is 6.04 Å². The Kier molecular flexibility index (Phi) is 6.23. The Hall–Kier alpha value is -0.320. The maximum absolute atomic E-state index is 5.73. The van der Waals surface area contributed by atoms with Gasteiger partial charge in [-0.1, -0.05) is 51.4 Å². The minimum Gasteiger partial charge on any atom is -0.488 e. The van der Waals surface area contributed by atoms with Gasteiger partial charge in [0.15, 0.2) is 0 Å². The molecule has 1 aromatic carbocycles. The van der Waals surface area contributed by atoms with Crippen LogP contribution in [-0.2, 0) is 0 Å². The van der Waals surface area contributed by atoms with Crippen LogP contribution in [-0.4, -0.2) is 13.2 Å². The Morgan fingerprint density at radius 2 is 2.24 bits per heavy atom. The molecule has 1 N–H and O–H groups in total. The molecule has 4 heteroatoms. The number of halogens is 2. The van der Waals surface area contributed by atoms with E-state index in [4.69, 9.17) is 4.74 Å². The van der Waals surface area contributed by atoms with Crippen LogP contribution in [0.5, 0.6) is 5.75 Å². The third-order valence-electron chi connectivity index (χ3n) is 2.34. The van der Waals surface area contributed by atoms with E-state index < -0.39 is 0 Å². The van der Waals surface area contributed by atoms with Gasteiger partial charge in [0.05, 0.1) is 0 Å². The average molecular weight is 363 g/mol. The van der Waals surface area contributed by atoms with Gasteiger partial charge in [0.2, 0.25) is 0 Å². The second kappa shape index (κ2) is 7.19. The van der Waals surface area contributed by atoms with Crippen molar-refractivity contribution in [3.8, 4) is 5.75 Å². The van der Waals surface area contributed by atoms with E-state index in [1.54, 1.807) is 0 Å². The zero-order valence-corrected chi connectivity index (χ0v) is 13.3. The van der Waals surface area contributed by atoms with Crippen molar-refractivity contribution in [3.63, 3.8) is 0 Å². The fourth-order valence-corrected chi connectivity index (χ4v) is 2.02. The topological polar surface area (TPSA) is 21.3 Å². The van der Waals surface area contributed by atoms with E-state index in [9.17, 15) is 0 Å². The molecule has 0 aromatic heterocycles. The molecule has 2 nitrogen and oxygen atoms in total.